The average Bonchev–Trinajstić information content (AvgIpc) is 3.27. The van der Waals surface area contributed by atoms with E-state index in [4.69, 9.17) is 9.47 Å². The van der Waals surface area contributed by atoms with Crippen molar-refractivity contribution in [1.29, 1.82) is 0 Å². The fourth-order valence-electron chi connectivity index (χ4n) is 2.84. The fraction of sp³-hybridized carbons (Fsp3) is 0.286. The molecule has 2 aromatic carbocycles. The summed E-state index contributed by atoms with van der Waals surface area (Å²) >= 11 is 1.48. The van der Waals surface area contributed by atoms with Gasteiger partial charge in [-0.1, -0.05) is 30.3 Å². The largest absolute Gasteiger partial charge is 0.490 e. The Hall–Kier alpha value is -3.20. The van der Waals surface area contributed by atoms with Gasteiger partial charge in [-0.05, 0) is 31.2 Å². The second-order valence-electron chi connectivity index (χ2n) is 6.36. The Morgan fingerprint density at radius 2 is 1.67 bits per heavy atom. The number of ether oxygens (including phenoxy) is 2. The zero-order valence-corrected chi connectivity index (χ0v) is 17.3. The predicted octanol–water partition coefficient (Wildman–Crippen LogP) is 1.83. The quantitative estimate of drug-likeness (QED) is 0.652. The maximum Gasteiger partial charge on any atom is 0.276 e. The standard InChI is InChI=1S/C21H23N3O5S/c1-2-28-17-10-6-7-11-18(17)29-12-19(25)22-23-20(26)16-13-30-14-24(16)21(27)15-8-4-3-5-9-15/h3-11,16H,2,12-14H2,1H3,(H,22,25)(H,23,26)/t16-/m0/s1. The summed E-state index contributed by atoms with van der Waals surface area (Å²) in [6.45, 7) is 2.03. The van der Waals surface area contributed by atoms with E-state index in [1.165, 1.54) is 16.7 Å². The number of para-hydroxylation sites is 2. The molecule has 1 fully saturated rings. The summed E-state index contributed by atoms with van der Waals surface area (Å²) in [5.74, 6) is 0.648. The highest BCUT2D eigenvalue weighted by atomic mass is 32.2. The number of nitrogens with one attached hydrogen (secondary N) is 2. The highest BCUT2D eigenvalue weighted by molar-refractivity contribution is 7.99. The lowest BCUT2D eigenvalue weighted by Crippen LogP contribution is -2.53. The van der Waals surface area contributed by atoms with Crippen LogP contribution in [0.15, 0.2) is 54.6 Å². The second kappa shape index (κ2) is 10.5. The van der Waals surface area contributed by atoms with Gasteiger partial charge in [-0.2, -0.15) is 0 Å². The number of hydrazine groups is 1. The molecule has 30 heavy (non-hydrogen) atoms. The van der Waals surface area contributed by atoms with Crippen LogP contribution in [0.1, 0.15) is 17.3 Å². The van der Waals surface area contributed by atoms with Gasteiger partial charge in [0.2, 0.25) is 0 Å². The molecule has 1 saturated heterocycles. The highest BCUT2D eigenvalue weighted by Crippen LogP contribution is 2.26. The third-order valence-corrected chi connectivity index (χ3v) is 5.31. The predicted molar refractivity (Wildman–Crippen MR) is 113 cm³/mol. The Morgan fingerprint density at radius 1 is 1.00 bits per heavy atom. The average molecular weight is 429 g/mol. The molecule has 2 aromatic rings. The monoisotopic (exact) mass is 429 g/mol. The first-order valence-corrected chi connectivity index (χ1v) is 10.6. The molecule has 1 aliphatic rings. The van der Waals surface area contributed by atoms with Gasteiger partial charge >= 0.3 is 0 Å². The summed E-state index contributed by atoms with van der Waals surface area (Å²) in [5.41, 5.74) is 5.23. The van der Waals surface area contributed by atoms with Crippen LogP contribution in [0.25, 0.3) is 0 Å². The third-order valence-electron chi connectivity index (χ3n) is 4.30. The number of nitrogens with zero attached hydrogens (tertiary/aromatic N) is 1. The van der Waals surface area contributed by atoms with Crippen molar-refractivity contribution in [2.24, 2.45) is 0 Å². The van der Waals surface area contributed by atoms with Crippen LogP contribution in [-0.2, 0) is 9.59 Å². The molecule has 1 atom stereocenters. The molecule has 1 heterocycles. The number of hydrogen-bond donors (Lipinski definition) is 2. The van der Waals surface area contributed by atoms with Crippen molar-refractivity contribution in [3.8, 4) is 11.5 Å². The van der Waals surface area contributed by atoms with Crippen molar-refractivity contribution in [2.45, 2.75) is 13.0 Å². The summed E-state index contributed by atoms with van der Waals surface area (Å²) in [6, 6.07) is 15.1. The Balaban J connectivity index is 1.50. The Kier molecular flexibility index (Phi) is 7.56. The van der Waals surface area contributed by atoms with Gasteiger partial charge in [-0.3, -0.25) is 25.2 Å². The number of thioether (sulfide) groups is 1. The molecule has 3 amide bonds. The normalized spacial score (nSPS) is 15.4. The molecule has 8 nitrogen and oxygen atoms in total. The van der Waals surface area contributed by atoms with Gasteiger partial charge in [0.1, 0.15) is 6.04 Å². The van der Waals surface area contributed by atoms with Gasteiger partial charge in [0.05, 0.1) is 12.5 Å². The SMILES string of the molecule is CCOc1ccccc1OCC(=O)NNC(=O)[C@@H]1CSCN1C(=O)c1ccccc1. The van der Waals surface area contributed by atoms with E-state index in [1.807, 2.05) is 13.0 Å². The highest BCUT2D eigenvalue weighted by Gasteiger charge is 2.35. The van der Waals surface area contributed by atoms with Gasteiger partial charge < -0.3 is 14.4 Å². The van der Waals surface area contributed by atoms with Crippen molar-refractivity contribution >= 4 is 29.5 Å². The number of rotatable bonds is 7. The molecular weight excluding hydrogens is 406 g/mol. The lowest BCUT2D eigenvalue weighted by Gasteiger charge is -2.23. The van der Waals surface area contributed by atoms with Crippen LogP contribution >= 0.6 is 11.8 Å². The van der Waals surface area contributed by atoms with Crippen LogP contribution in [0, 0.1) is 0 Å². The fourth-order valence-corrected chi connectivity index (χ4v) is 4.00. The van der Waals surface area contributed by atoms with Crippen molar-refractivity contribution in [3.63, 3.8) is 0 Å². The lowest BCUT2D eigenvalue weighted by atomic mass is 10.2. The number of amides is 3. The van der Waals surface area contributed by atoms with E-state index in [9.17, 15) is 14.4 Å². The van der Waals surface area contributed by atoms with Gasteiger partial charge in [0, 0.05) is 11.3 Å². The molecule has 0 saturated carbocycles. The topological polar surface area (TPSA) is 97.0 Å². The van der Waals surface area contributed by atoms with Crippen molar-refractivity contribution < 1.29 is 23.9 Å². The smallest absolute Gasteiger partial charge is 0.276 e. The second-order valence-corrected chi connectivity index (χ2v) is 7.36. The van der Waals surface area contributed by atoms with Crippen LogP contribution in [0.3, 0.4) is 0 Å². The molecule has 0 spiro atoms. The zero-order chi connectivity index (χ0) is 21.3. The first-order valence-electron chi connectivity index (χ1n) is 9.47. The van der Waals surface area contributed by atoms with E-state index in [0.717, 1.165) is 0 Å². The summed E-state index contributed by atoms with van der Waals surface area (Å²) in [4.78, 5) is 38.7. The molecule has 0 aromatic heterocycles. The van der Waals surface area contributed by atoms with Crippen LogP contribution < -0.4 is 20.3 Å². The van der Waals surface area contributed by atoms with E-state index in [0.29, 0.717) is 35.3 Å². The van der Waals surface area contributed by atoms with Gasteiger partial charge in [0.25, 0.3) is 17.7 Å². The van der Waals surface area contributed by atoms with E-state index in [1.54, 1.807) is 48.5 Å². The summed E-state index contributed by atoms with van der Waals surface area (Å²) in [5, 5.41) is 0. The molecule has 2 N–H and O–H groups in total. The Labute approximate surface area is 178 Å². The molecule has 1 aliphatic heterocycles. The number of hydrogen-bond acceptors (Lipinski definition) is 6. The van der Waals surface area contributed by atoms with Gasteiger partial charge in [-0.25, -0.2) is 0 Å². The molecule has 158 valence electrons. The summed E-state index contributed by atoms with van der Waals surface area (Å²) in [6.07, 6.45) is 0. The van der Waals surface area contributed by atoms with E-state index in [-0.39, 0.29) is 12.5 Å². The number of carbonyl (C=O) groups excluding carboxylic acids is 3. The minimum absolute atomic E-state index is 0.219. The van der Waals surface area contributed by atoms with Crippen LogP contribution in [0.2, 0.25) is 0 Å². The minimum Gasteiger partial charge on any atom is -0.490 e. The maximum absolute atomic E-state index is 12.7. The molecule has 3 rings (SSSR count). The Bertz CT molecular complexity index is 893. The maximum atomic E-state index is 12.7. The van der Waals surface area contributed by atoms with E-state index < -0.39 is 17.9 Å². The molecule has 0 bridgehead atoms. The van der Waals surface area contributed by atoms with Crippen LogP contribution in [0.5, 0.6) is 11.5 Å². The summed E-state index contributed by atoms with van der Waals surface area (Å²) < 4.78 is 10.9. The molecular formula is C21H23N3O5S. The molecule has 0 aliphatic carbocycles. The number of benzene rings is 2. The lowest BCUT2D eigenvalue weighted by molar-refractivity contribution is -0.131. The van der Waals surface area contributed by atoms with Crippen molar-refractivity contribution in [2.75, 3.05) is 24.8 Å². The number of carbonyl (C=O) groups is 3. The van der Waals surface area contributed by atoms with Crippen molar-refractivity contribution in [1.82, 2.24) is 15.8 Å². The summed E-state index contributed by atoms with van der Waals surface area (Å²) in [7, 11) is 0. The molecule has 0 unspecified atom stereocenters. The van der Waals surface area contributed by atoms with Crippen molar-refractivity contribution in [3.05, 3.63) is 60.2 Å². The molecule has 0 radical (unpaired) electrons. The van der Waals surface area contributed by atoms with E-state index in [2.05, 4.69) is 10.9 Å². The first kappa shape index (κ1) is 21.5. The first-order chi connectivity index (χ1) is 14.6. The Morgan fingerprint density at radius 3 is 2.37 bits per heavy atom. The van der Waals surface area contributed by atoms with Crippen LogP contribution in [0.4, 0.5) is 0 Å². The zero-order valence-electron chi connectivity index (χ0n) is 16.5. The van der Waals surface area contributed by atoms with E-state index >= 15 is 0 Å². The van der Waals surface area contributed by atoms with Gasteiger partial charge in [-0.15, -0.1) is 11.8 Å². The van der Waals surface area contributed by atoms with Gasteiger partial charge in [0.15, 0.2) is 18.1 Å². The third kappa shape index (κ3) is 5.44. The molecule has 9 heteroatoms. The van der Waals surface area contributed by atoms with Crippen LogP contribution in [-0.4, -0.2) is 53.5 Å². The minimum atomic E-state index is -0.664.